The van der Waals surface area contributed by atoms with Gasteiger partial charge in [0.05, 0.1) is 6.26 Å². The zero-order valence-electron chi connectivity index (χ0n) is 15.2. The van der Waals surface area contributed by atoms with Crippen LogP contribution in [0.4, 0.5) is 5.69 Å². The predicted molar refractivity (Wildman–Crippen MR) is 106 cm³/mol. The normalized spacial score (nSPS) is 18.7. The van der Waals surface area contributed by atoms with Crippen molar-refractivity contribution in [2.75, 3.05) is 31.2 Å². The van der Waals surface area contributed by atoms with E-state index in [-0.39, 0.29) is 18.3 Å². The molecule has 3 rings (SSSR count). The van der Waals surface area contributed by atoms with Crippen LogP contribution in [-0.2, 0) is 27.8 Å². The molecule has 2 aliphatic heterocycles. The van der Waals surface area contributed by atoms with Gasteiger partial charge in [-0.3, -0.25) is 4.79 Å². The summed E-state index contributed by atoms with van der Waals surface area (Å²) in [6, 6.07) is 5.74. The third kappa shape index (κ3) is 5.42. The standard InChI is InChI=1S/C18H27N3O3S.ClH/c1-25(23,24)21-12-9-16-15(13-21)3-2-4-17(16)20-18(22)6-5-14-7-10-19-11-8-14;/h2-4,14,19H,5-13H2,1H3,(H,20,22);1H. The number of carbonyl (C=O) groups is 1. The smallest absolute Gasteiger partial charge is 0.224 e. The molecule has 1 amide bonds. The molecule has 0 bridgehead atoms. The van der Waals surface area contributed by atoms with Gasteiger partial charge in [0.1, 0.15) is 0 Å². The number of fused-ring (bicyclic) bond motifs is 1. The van der Waals surface area contributed by atoms with E-state index in [9.17, 15) is 13.2 Å². The molecular weight excluding hydrogens is 374 g/mol. The topological polar surface area (TPSA) is 78.5 Å². The first-order chi connectivity index (χ1) is 11.9. The highest BCUT2D eigenvalue weighted by atomic mass is 35.5. The van der Waals surface area contributed by atoms with E-state index in [4.69, 9.17) is 0 Å². The first-order valence-electron chi connectivity index (χ1n) is 9.00. The number of sulfonamides is 1. The maximum absolute atomic E-state index is 12.3. The molecule has 0 radical (unpaired) electrons. The number of hydrogen-bond acceptors (Lipinski definition) is 4. The van der Waals surface area contributed by atoms with E-state index in [2.05, 4.69) is 10.6 Å². The van der Waals surface area contributed by atoms with E-state index < -0.39 is 10.0 Å². The molecule has 26 heavy (non-hydrogen) atoms. The Balaban J connectivity index is 0.00000243. The van der Waals surface area contributed by atoms with Gasteiger partial charge >= 0.3 is 0 Å². The van der Waals surface area contributed by atoms with Crippen molar-refractivity contribution in [3.05, 3.63) is 29.3 Å². The van der Waals surface area contributed by atoms with Crippen LogP contribution in [-0.4, -0.2) is 44.5 Å². The first-order valence-corrected chi connectivity index (χ1v) is 10.8. The molecule has 2 aliphatic rings. The zero-order chi connectivity index (χ0) is 17.9. The quantitative estimate of drug-likeness (QED) is 0.792. The maximum Gasteiger partial charge on any atom is 0.224 e. The van der Waals surface area contributed by atoms with Gasteiger partial charge in [-0.05, 0) is 61.9 Å². The summed E-state index contributed by atoms with van der Waals surface area (Å²) in [7, 11) is -3.18. The lowest BCUT2D eigenvalue weighted by Gasteiger charge is -2.28. The molecule has 2 N–H and O–H groups in total. The Bertz CT molecular complexity index is 733. The van der Waals surface area contributed by atoms with Crippen molar-refractivity contribution < 1.29 is 13.2 Å². The number of amides is 1. The molecule has 8 heteroatoms. The summed E-state index contributed by atoms with van der Waals surface area (Å²) in [4.78, 5) is 12.3. The van der Waals surface area contributed by atoms with Gasteiger partial charge < -0.3 is 10.6 Å². The van der Waals surface area contributed by atoms with Crippen molar-refractivity contribution in [1.82, 2.24) is 9.62 Å². The fourth-order valence-electron chi connectivity index (χ4n) is 3.70. The Hall–Kier alpha value is -1.15. The van der Waals surface area contributed by atoms with Gasteiger partial charge in [-0.15, -0.1) is 12.4 Å². The summed E-state index contributed by atoms with van der Waals surface area (Å²) in [5, 5.41) is 6.38. The van der Waals surface area contributed by atoms with Crippen LogP contribution in [0.1, 0.15) is 36.8 Å². The molecule has 0 unspecified atom stereocenters. The number of hydrogen-bond donors (Lipinski definition) is 2. The molecule has 0 atom stereocenters. The second kappa shape index (κ2) is 9.17. The number of nitrogens with one attached hydrogen (secondary N) is 2. The molecule has 2 heterocycles. The highest BCUT2D eigenvalue weighted by Gasteiger charge is 2.25. The Labute approximate surface area is 162 Å². The van der Waals surface area contributed by atoms with Gasteiger partial charge in [-0.25, -0.2) is 8.42 Å². The largest absolute Gasteiger partial charge is 0.326 e. The highest BCUT2D eigenvalue weighted by Crippen LogP contribution is 2.27. The van der Waals surface area contributed by atoms with Crippen LogP contribution in [0.5, 0.6) is 0 Å². The van der Waals surface area contributed by atoms with Crippen LogP contribution in [0.25, 0.3) is 0 Å². The zero-order valence-corrected chi connectivity index (χ0v) is 16.8. The highest BCUT2D eigenvalue weighted by molar-refractivity contribution is 7.88. The van der Waals surface area contributed by atoms with Crippen LogP contribution in [0.2, 0.25) is 0 Å². The van der Waals surface area contributed by atoms with Crippen molar-refractivity contribution in [2.24, 2.45) is 5.92 Å². The van der Waals surface area contributed by atoms with Crippen LogP contribution < -0.4 is 10.6 Å². The van der Waals surface area contributed by atoms with E-state index in [1.54, 1.807) is 0 Å². The summed E-state index contributed by atoms with van der Waals surface area (Å²) in [6.07, 6.45) is 5.65. The molecule has 1 aromatic carbocycles. The SMILES string of the molecule is CS(=O)(=O)N1CCc2c(cccc2NC(=O)CCC2CCNCC2)C1.Cl. The third-order valence-corrected chi connectivity index (χ3v) is 6.46. The summed E-state index contributed by atoms with van der Waals surface area (Å²) < 4.78 is 25.0. The van der Waals surface area contributed by atoms with E-state index >= 15 is 0 Å². The second-order valence-corrected chi connectivity index (χ2v) is 9.05. The molecule has 1 saturated heterocycles. The molecule has 0 saturated carbocycles. The minimum absolute atomic E-state index is 0. The van der Waals surface area contributed by atoms with Gasteiger partial charge in [0.2, 0.25) is 15.9 Å². The lowest BCUT2D eigenvalue weighted by molar-refractivity contribution is -0.116. The maximum atomic E-state index is 12.3. The molecule has 0 aliphatic carbocycles. The van der Waals surface area contributed by atoms with Gasteiger partial charge in [-0.2, -0.15) is 4.31 Å². The van der Waals surface area contributed by atoms with Gasteiger partial charge in [-0.1, -0.05) is 12.1 Å². The van der Waals surface area contributed by atoms with Crippen molar-refractivity contribution in [1.29, 1.82) is 0 Å². The average Bonchev–Trinajstić information content (AvgIpc) is 2.60. The fourth-order valence-corrected chi connectivity index (χ4v) is 4.50. The number of nitrogens with zero attached hydrogens (tertiary/aromatic N) is 1. The average molecular weight is 402 g/mol. The number of anilines is 1. The minimum Gasteiger partial charge on any atom is -0.326 e. The number of rotatable bonds is 5. The Morgan fingerprint density at radius 3 is 2.73 bits per heavy atom. The molecule has 0 spiro atoms. The van der Waals surface area contributed by atoms with Crippen LogP contribution in [0.3, 0.4) is 0 Å². The Kier molecular flexibility index (Phi) is 7.46. The van der Waals surface area contributed by atoms with Crippen LogP contribution in [0, 0.1) is 5.92 Å². The van der Waals surface area contributed by atoms with Gasteiger partial charge in [0.15, 0.2) is 0 Å². The predicted octanol–water partition coefficient (Wildman–Crippen LogP) is 2.14. The second-order valence-electron chi connectivity index (χ2n) is 7.07. The molecule has 6 nitrogen and oxygen atoms in total. The number of benzene rings is 1. The summed E-state index contributed by atoms with van der Waals surface area (Å²) in [5.41, 5.74) is 2.88. The van der Waals surface area contributed by atoms with Crippen molar-refractivity contribution >= 4 is 34.0 Å². The summed E-state index contributed by atoms with van der Waals surface area (Å²) >= 11 is 0. The molecule has 1 fully saturated rings. The molecular formula is C18H28ClN3O3S. The minimum atomic E-state index is -3.18. The lowest BCUT2D eigenvalue weighted by atomic mass is 9.93. The van der Waals surface area contributed by atoms with Crippen molar-refractivity contribution in [3.63, 3.8) is 0 Å². The van der Waals surface area contributed by atoms with Gasteiger partial charge in [0, 0.05) is 25.2 Å². The van der Waals surface area contributed by atoms with Crippen molar-refractivity contribution in [2.45, 2.75) is 38.6 Å². The Morgan fingerprint density at radius 1 is 1.31 bits per heavy atom. The van der Waals surface area contributed by atoms with Gasteiger partial charge in [0.25, 0.3) is 0 Å². The molecule has 0 aromatic heterocycles. The monoisotopic (exact) mass is 401 g/mol. The van der Waals surface area contributed by atoms with E-state index in [0.29, 0.717) is 31.8 Å². The lowest BCUT2D eigenvalue weighted by Crippen LogP contribution is -2.35. The number of carbonyl (C=O) groups excluding carboxylic acids is 1. The Morgan fingerprint density at radius 2 is 2.04 bits per heavy atom. The number of piperidine rings is 1. The van der Waals surface area contributed by atoms with E-state index in [0.717, 1.165) is 49.2 Å². The fraction of sp³-hybridized carbons (Fsp3) is 0.611. The summed E-state index contributed by atoms with van der Waals surface area (Å²) in [6.45, 7) is 2.95. The first kappa shape index (κ1) is 21.2. The van der Waals surface area contributed by atoms with Crippen LogP contribution in [0.15, 0.2) is 18.2 Å². The van der Waals surface area contributed by atoms with Crippen molar-refractivity contribution in [3.8, 4) is 0 Å². The molecule has 1 aromatic rings. The number of halogens is 1. The van der Waals surface area contributed by atoms with Crippen LogP contribution >= 0.6 is 12.4 Å². The third-order valence-electron chi connectivity index (χ3n) is 5.21. The van der Waals surface area contributed by atoms with E-state index in [1.165, 1.54) is 10.6 Å². The summed E-state index contributed by atoms with van der Waals surface area (Å²) in [5.74, 6) is 0.692. The molecule has 146 valence electrons. The van der Waals surface area contributed by atoms with E-state index in [1.807, 2.05) is 18.2 Å².